The van der Waals surface area contributed by atoms with E-state index >= 15 is 0 Å². The number of ether oxygens (including phenoxy) is 1. The molecule has 34 heavy (non-hydrogen) atoms. The number of carbonyl (C=O) groups excluding carboxylic acids is 1. The van der Waals surface area contributed by atoms with Crippen molar-refractivity contribution in [3.63, 3.8) is 0 Å². The molecule has 6 nitrogen and oxygen atoms in total. The van der Waals surface area contributed by atoms with Gasteiger partial charge in [0.15, 0.2) is 5.82 Å². The molecule has 8 heteroatoms. The lowest BCUT2D eigenvalue weighted by Gasteiger charge is -2.24. The Hall–Kier alpha value is -4.07. The highest BCUT2D eigenvalue weighted by atomic mass is 19.1. The number of halogens is 2. The Bertz CT molecular complexity index is 1300. The number of hydrogen-bond acceptors (Lipinski definition) is 4. The number of rotatable bonds is 7. The van der Waals surface area contributed by atoms with Crippen molar-refractivity contribution in [3.8, 4) is 23.1 Å². The summed E-state index contributed by atoms with van der Waals surface area (Å²) in [6, 6.07) is 19.3. The Morgan fingerprint density at radius 3 is 2.44 bits per heavy atom. The Labute approximate surface area is 195 Å². The largest absolute Gasteiger partial charge is 0.457 e. The lowest BCUT2D eigenvalue weighted by Crippen LogP contribution is -2.27. The van der Waals surface area contributed by atoms with E-state index in [0.717, 1.165) is 24.8 Å². The van der Waals surface area contributed by atoms with Crippen LogP contribution in [0.15, 0.2) is 72.8 Å². The third-order valence-electron chi connectivity index (χ3n) is 5.81. The summed E-state index contributed by atoms with van der Waals surface area (Å²) in [5.74, 6) is -0.186. The summed E-state index contributed by atoms with van der Waals surface area (Å²) in [4.78, 5) is 16.7. The van der Waals surface area contributed by atoms with Crippen LogP contribution in [0.2, 0.25) is 0 Å². The zero-order valence-electron chi connectivity index (χ0n) is 18.2. The summed E-state index contributed by atoms with van der Waals surface area (Å²) < 4.78 is 34.4. The summed E-state index contributed by atoms with van der Waals surface area (Å²) in [7, 11) is 0. The molecular formula is C26H22F2N4O2. The first kappa shape index (κ1) is 21.8. The summed E-state index contributed by atoms with van der Waals surface area (Å²) in [5.41, 5.74) is 2.66. The lowest BCUT2D eigenvalue weighted by molar-refractivity contribution is -0.122. The van der Waals surface area contributed by atoms with Crippen LogP contribution in [0.5, 0.6) is 6.01 Å². The molecule has 0 saturated heterocycles. The number of nitrogens with one attached hydrogen (secondary N) is 1. The number of anilines is 1. The van der Waals surface area contributed by atoms with Crippen molar-refractivity contribution in [2.45, 2.75) is 25.9 Å². The summed E-state index contributed by atoms with van der Waals surface area (Å²) in [6.07, 6.45) is 2.96. The minimum atomic E-state index is -0.394. The fourth-order valence-electron chi connectivity index (χ4n) is 3.68. The van der Waals surface area contributed by atoms with Crippen molar-refractivity contribution in [1.82, 2.24) is 14.8 Å². The molecule has 1 fully saturated rings. The minimum Gasteiger partial charge on any atom is -0.457 e. The van der Waals surface area contributed by atoms with Gasteiger partial charge in [0, 0.05) is 17.2 Å². The van der Waals surface area contributed by atoms with Gasteiger partial charge in [0.2, 0.25) is 5.91 Å². The van der Waals surface area contributed by atoms with Gasteiger partial charge in [0.25, 0.3) is 0 Å². The van der Waals surface area contributed by atoms with Crippen LogP contribution < -0.4 is 10.1 Å². The Morgan fingerprint density at radius 1 is 1.00 bits per heavy atom. The van der Waals surface area contributed by atoms with Gasteiger partial charge in [-0.05, 0) is 66.9 Å². The van der Waals surface area contributed by atoms with Gasteiger partial charge in [-0.25, -0.2) is 13.5 Å². The normalized spacial score (nSPS) is 13.4. The lowest BCUT2D eigenvalue weighted by atomic mass is 9.85. The van der Waals surface area contributed by atoms with Crippen LogP contribution in [0.3, 0.4) is 0 Å². The summed E-state index contributed by atoms with van der Waals surface area (Å²) in [6.45, 7) is 0.152. The highest BCUT2D eigenvalue weighted by Gasteiger charge is 2.25. The molecule has 172 valence electrons. The molecule has 0 unspecified atom stereocenters. The molecule has 1 aliphatic rings. The van der Waals surface area contributed by atoms with E-state index in [2.05, 4.69) is 15.4 Å². The smallest absolute Gasteiger partial charge is 0.336 e. The molecule has 1 heterocycles. The van der Waals surface area contributed by atoms with Gasteiger partial charge in [0.05, 0.1) is 5.69 Å². The predicted octanol–water partition coefficient (Wildman–Crippen LogP) is 5.53. The van der Waals surface area contributed by atoms with E-state index in [1.165, 1.54) is 24.3 Å². The van der Waals surface area contributed by atoms with Gasteiger partial charge in [-0.2, -0.15) is 4.98 Å². The van der Waals surface area contributed by atoms with Crippen molar-refractivity contribution in [2.24, 2.45) is 5.92 Å². The summed E-state index contributed by atoms with van der Waals surface area (Å²) >= 11 is 0. The zero-order chi connectivity index (χ0) is 23.5. The van der Waals surface area contributed by atoms with E-state index in [1.54, 1.807) is 53.2 Å². The molecule has 0 atom stereocenters. The Balaban J connectivity index is 1.41. The monoisotopic (exact) mass is 460 g/mol. The van der Waals surface area contributed by atoms with E-state index < -0.39 is 5.82 Å². The zero-order valence-corrected chi connectivity index (χ0v) is 18.2. The first-order valence-corrected chi connectivity index (χ1v) is 11.1. The Morgan fingerprint density at radius 2 is 1.76 bits per heavy atom. The van der Waals surface area contributed by atoms with Gasteiger partial charge >= 0.3 is 6.01 Å². The number of aromatic nitrogens is 3. The van der Waals surface area contributed by atoms with Crippen molar-refractivity contribution >= 4 is 11.6 Å². The third kappa shape index (κ3) is 4.80. The second kappa shape index (κ2) is 9.43. The molecule has 4 aromatic rings. The molecule has 0 bridgehead atoms. The van der Waals surface area contributed by atoms with E-state index in [4.69, 9.17) is 4.74 Å². The SMILES string of the molecule is O=C(Nc1ccc(-n2nc(OCc3ccc(F)cc3)nc2-c2cccc(F)c2)cc1)C1CCC1. The number of benzene rings is 3. The van der Waals surface area contributed by atoms with Gasteiger partial charge < -0.3 is 10.1 Å². The van der Waals surface area contributed by atoms with Gasteiger partial charge in [-0.15, -0.1) is 5.10 Å². The topological polar surface area (TPSA) is 69.0 Å². The number of carbonyl (C=O) groups is 1. The highest BCUT2D eigenvalue weighted by molar-refractivity contribution is 5.93. The van der Waals surface area contributed by atoms with Crippen molar-refractivity contribution < 1.29 is 18.3 Å². The molecule has 1 aromatic heterocycles. The highest BCUT2D eigenvalue weighted by Crippen LogP contribution is 2.28. The van der Waals surface area contributed by atoms with Crippen LogP contribution in [-0.2, 0) is 11.4 Å². The quantitative estimate of drug-likeness (QED) is 0.394. The maximum atomic E-state index is 13.9. The molecule has 0 radical (unpaired) electrons. The number of nitrogens with zero attached hydrogens (tertiary/aromatic N) is 3. The average Bonchev–Trinajstić information content (AvgIpc) is 3.22. The number of hydrogen-bond donors (Lipinski definition) is 1. The molecule has 1 amide bonds. The second-order valence-electron chi connectivity index (χ2n) is 8.22. The molecule has 1 saturated carbocycles. The van der Waals surface area contributed by atoms with E-state index in [9.17, 15) is 13.6 Å². The van der Waals surface area contributed by atoms with E-state index in [1.807, 2.05) is 0 Å². The van der Waals surface area contributed by atoms with Gasteiger partial charge in [-0.3, -0.25) is 4.79 Å². The number of amides is 1. The molecule has 5 rings (SSSR count). The first-order chi connectivity index (χ1) is 16.5. The molecule has 3 aromatic carbocycles. The van der Waals surface area contributed by atoms with Gasteiger partial charge in [0.1, 0.15) is 18.2 Å². The maximum Gasteiger partial charge on any atom is 0.336 e. The van der Waals surface area contributed by atoms with Crippen LogP contribution in [0.1, 0.15) is 24.8 Å². The molecule has 1 aliphatic carbocycles. The third-order valence-corrected chi connectivity index (χ3v) is 5.81. The molecular weight excluding hydrogens is 438 g/mol. The van der Waals surface area contributed by atoms with E-state index in [0.29, 0.717) is 22.8 Å². The minimum absolute atomic E-state index is 0.0386. The van der Waals surface area contributed by atoms with Crippen LogP contribution in [0.25, 0.3) is 17.1 Å². The van der Waals surface area contributed by atoms with Crippen LogP contribution in [0, 0.1) is 17.6 Å². The fraction of sp³-hybridized carbons (Fsp3) is 0.192. The Kier molecular flexibility index (Phi) is 6.03. The standard InChI is InChI=1S/C26H22F2N4O2/c27-20-9-7-17(8-10-20)16-34-26-30-24(19-5-2-6-21(28)15-19)32(31-26)23-13-11-22(12-14-23)29-25(33)18-3-1-4-18/h2,5-15,18H,1,3-4,16H2,(H,29,33). The van der Waals surface area contributed by atoms with Crippen LogP contribution >= 0.6 is 0 Å². The molecule has 1 N–H and O–H groups in total. The van der Waals surface area contributed by atoms with Crippen LogP contribution in [0.4, 0.5) is 14.5 Å². The second-order valence-corrected chi connectivity index (χ2v) is 8.22. The average molecular weight is 460 g/mol. The fourth-order valence-corrected chi connectivity index (χ4v) is 3.68. The molecule has 0 spiro atoms. The van der Waals surface area contributed by atoms with Crippen molar-refractivity contribution in [1.29, 1.82) is 0 Å². The first-order valence-electron chi connectivity index (χ1n) is 11.1. The van der Waals surface area contributed by atoms with E-state index in [-0.39, 0.29) is 30.3 Å². The maximum absolute atomic E-state index is 13.9. The molecule has 0 aliphatic heterocycles. The van der Waals surface area contributed by atoms with Crippen molar-refractivity contribution in [2.75, 3.05) is 5.32 Å². The summed E-state index contributed by atoms with van der Waals surface area (Å²) in [5, 5.41) is 7.40. The van der Waals surface area contributed by atoms with Crippen molar-refractivity contribution in [3.05, 3.63) is 90.0 Å². The van der Waals surface area contributed by atoms with Gasteiger partial charge in [-0.1, -0.05) is 30.7 Å². The van der Waals surface area contributed by atoms with Crippen LogP contribution in [-0.4, -0.2) is 20.7 Å². The predicted molar refractivity (Wildman–Crippen MR) is 123 cm³/mol.